The lowest BCUT2D eigenvalue weighted by atomic mass is 10.3. The lowest BCUT2D eigenvalue weighted by Crippen LogP contribution is -2.15. The molecule has 0 saturated heterocycles. The zero-order chi connectivity index (χ0) is 14.6. The second-order valence-corrected chi connectivity index (χ2v) is 4.96. The number of rotatable bonds is 3. The fourth-order valence-corrected chi connectivity index (χ4v) is 1.30. The molecular formula is C9H17F3N2O3S. The summed E-state index contributed by atoms with van der Waals surface area (Å²) in [7, 11) is -3.76. The van der Waals surface area contributed by atoms with Gasteiger partial charge in [0.15, 0.2) is 0 Å². The topological polar surface area (TPSA) is 83.0 Å². The van der Waals surface area contributed by atoms with Crippen molar-refractivity contribution in [1.29, 1.82) is 0 Å². The lowest BCUT2D eigenvalue weighted by Gasteiger charge is -2.03. The second kappa shape index (κ2) is 11.0. The first kappa shape index (κ1) is 19.3. The molecule has 18 heavy (non-hydrogen) atoms. The van der Waals surface area contributed by atoms with Gasteiger partial charge >= 0.3 is 6.68 Å². The molecule has 1 atom stereocenters. The van der Waals surface area contributed by atoms with E-state index < -0.39 is 22.0 Å². The molecule has 0 aliphatic carbocycles. The number of hydrogen-bond acceptors (Lipinski definition) is 3. The van der Waals surface area contributed by atoms with Crippen molar-refractivity contribution in [2.45, 2.75) is 38.6 Å². The first-order valence-electron chi connectivity index (χ1n) is 5.03. The quantitative estimate of drug-likeness (QED) is 0.838. The average Bonchev–Trinajstić information content (AvgIpc) is 2.73. The predicted molar refractivity (Wildman–Crippen MR) is 61.6 cm³/mol. The number of aromatic amines is 1. The minimum atomic E-state index is -3.76. The Balaban J connectivity index is 0. The Morgan fingerprint density at radius 2 is 1.89 bits per heavy atom. The Bertz CT molecular complexity index is 337. The second-order valence-electron chi connectivity index (χ2n) is 3.12. The minimum absolute atomic E-state index is 0.527. The van der Waals surface area contributed by atoms with Gasteiger partial charge in [0.25, 0.3) is 10.1 Å². The molecule has 5 nitrogen and oxygen atoms in total. The van der Waals surface area contributed by atoms with Crippen LogP contribution in [-0.4, -0.2) is 34.9 Å². The van der Waals surface area contributed by atoms with Crippen LogP contribution in [0.15, 0.2) is 18.7 Å². The Labute approximate surface area is 104 Å². The Morgan fingerprint density at radius 3 is 2.00 bits per heavy atom. The van der Waals surface area contributed by atoms with Crippen LogP contribution >= 0.6 is 0 Å². The average molecular weight is 290 g/mol. The molecule has 1 aromatic rings. The van der Waals surface area contributed by atoms with Crippen LogP contribution in [0.2, 0.25) is 0 Å². The van der Waals surface area contributed by atoms with Crippen LogP contribution in [0.4, 0.5) is 13.2 Å². The van der Waals surface area contributed by atoms with Crippen molar-refractivity contribution in [2.75, 3.05) is 0 Å². The molecule has 0 amide bonds. The number of hydrogen-bond donors (Lipinski definition) is 2. The Kier molecular flexibility index (Phi) is 11.8. The molecule has 9 heteroatoms. The number of alkyl halides is 3. The van der Waals surface area contributed by atoms with Crippen LogP contribution in [-0.2, 0) is 10.1 Å². The molecule has 0 aliphatic rings. The number of halogens is 3. The predicted octanol–water partition coefficient (Wildman–Crippen LogP) is 2.65. The van der Waals surface area contributed by atoms with E-state index in [2.05, 4.69) is 9.97 Å². The molecule has 1 aromatic heterocycles. The normalized spacial score (nSPS) is 11.9. The van der Waals surface area contributed by atoms with E-state index in [0.717, 1.165) is 6.42 Å². The third-order valence-corrected chi connectivity index (χ3v) is 2.86. The summed E-state index contributed by atoms with van der Waals surface area (Å²) in [5.74, 6) is 0. The van der Waals surface area contributed by atoms with Gasteiger partial charge in [0.1, 0.15) is 0 Å². The van der Waals surface area contributed by atoms with Crippen LogP contribution in [0.25, 0.3) is 0 Å². The van der Waals surface area contributed by atoms with E-state index in [4.69, 9.17) is 4.55 Å². The smallest absolute Gasteiger partial charge is 0.351 e. The third kappa shape index (κ3) is 17.3. The maximum atomic E-state index is 10.3. The maximum Gasteiger partial charge on any atom is 0.379 e. The molecular weight excluding hydrogens is 273 g/mol. The molecule has 1 unspecified atom stereocenters. The summed E-state index contributed by atoms with van der Waals surface area (Å²) in [6.45, 7) is -0.291. The highest BCUT2D eigenvalue weighted by atomic mass is 32.2. The molecule has 0 saturated carbocycles. The van der Waals surface area contributed by atoms with Gasteiger partial charge in [-0.2, -0.15) is 21.6 Å². The summed E-state index contributed by atoms with van der Waals surface area (Å²) in [6.07, 6.45) is 6.39. The highest BCUT2D eigenvalue weighted by Gasteiger charge is 2.14. The molecule has 0 bridgehead atoms. The van der Waals surface area contributed by atoms with E-state index in [0.29, 0.717) is 6.42 Å². The summed E-state index contributed by atoms with van der Waals surface area (Å²) in [5, 5.41) is -0.609. The maximum absolute atomic E-state index is 10.3. The van der Waals surface area contributed by atoms with Gasteiger partial charge in [-0.15, -0.1) is 0 Å². The van der Waals surface area contributed by atoms with Crippen molar-refractivity contribution in [3.63, 3.8) is 0 Å². The van der Waals surface area contributed by atoms with E-state index in [1.807, 2.05) is 6.92 Å². The molecule has 1 rings (SSSR count). The first-order valence-corrected chi connectivity index (χ1v) is 6.53. The largest absolute Gasteiger partial charge is 0.379 e. The van der Waals surface area contributed by atoms with Crippen molar-refractivity contribution in [1.82, 2.24) is 9.97 Å². The van der Waals surface area contributed by atoms with Gasteiger partial charge in [-0.05, 0) is 13.3 Å². The number of aromatic nitrogens is 2. The molecule has 0 radical (unpaired) electrons. The molecule has 1 heterocycles. The summed E-state index contributed by atoms with van der Waals surface area (Å²) in [5.41, 5.74) is 0. The zero-order valence-electron chi connectivity index (χ0n) is 10.1. The van der Waals surface area contributed by atoms with E-state index in [9.17, 15) is 21.6 Å². The highest BCUT2D eigenvalue weighted by Crippen LogP contribution is 2.04. The highest BCUT2D eigenvalue weighted by molar-refractivity contribution is 7.86. The van der Waals surface area contributed by atoms with Gasteiger partial charge in [0.2, 0.25) is 0 Å². The van der Waals surface area contributed by atoms with E-state index in [1.165, 1.54) is 6.92 Å². The van der Waals surface area contributed by atoms with Crippen molar-refractivity contribution in [3.8, 4) is 0 Å². The Hall–Kier alpha value is -1.09. The minimum Gasteiger partial charge on any atom is -0.351 e. The molecule has 0 fully saturated rings. The zero-order valence-corrected chi connectivity index (χ0v) is 10.9. The van der Waals surface area contributed by atoms with E-state index >= 15 is 0 Å². The van der Waals surface area contributed by atoms with Crippen LogP contribution in [0.3, 0.4) is 0 Å². The van der Waals surface area contributed by atoms with Crippen LogP contribution in [0, 0.1) is 0 Å². The van der Waals surface area contributed by atoms with Gasteiger partial charge in [-0.3, -0.25) is 4.55 Å². The van der Waals surface area contributed by atoms with E-state index in [1.54, 1.807) is 18.7 Å². The van der Waals surface area contributed by atoms with Crippen molar-refractivity contribution >= 4 is 10.1 Å². The van der Waals surface area contributed by atoms with Crippen LogP contribution < -0.4 is 0 Å². The monoisotopic (exact) mass is 290 g/mol. The summed E-state index contributed by atoms with van der Waals surface area (Å²) < 4.78 is 57.9. The summed E-state index contributed by atoms with van der Waals surface area (Å²) in [6, 6.07) is 0. The first-order chi connectivity index (χ1) is 8.21. The standard InChI is InChI=1S/C5H12O3S.C3H4N2.CHF3/c1-3-4-5(2)9(6,7)8;1-2-5-3-4-1;2-1(3)4/h5H,3-4H2,1-2H3,(H,6,7,8);1-3H,(H,4,5);1H. The molecule has 0 aromatic carbocycles. The van der Waals surface area contributed by atoms with Gasteiger partial charge in [-0.1, -0.05) is 13.3 Å². The molecule has 0 aliphatic heterocycles. The van der Waals surface area contributed by atoms with Crippen molar-refractivity contribution in [3.05, 3.63) is 18.7 Å². The van der Waals surface area contributed by atoms with Gasteiger partial charge < -0.3 is 4.98 Å². The molecule has 108 valence electrons. The fourth-order valence-electron chi connectivity index (χ4n) is 0.771. The van der Waals surface area contributed by atoms with Crippen LogP contribution in [0.1, 0.15) is 26.7 Å². The van der Waals surface area contributed by atoms with Crippen LogP contribution in [0.5, 0.6) is 0 Å². The lowest BCUT2D eigenvalue weighted by molar-refractivity contribution is 0.00819. The van der Waals surface area contributed by atoms with Gasteiger partial charge in [0.05, 0.1) is 11.6 Å². The fraction of sp³-hybridized carbons (Fsp3) is 0.667. The third-order valence-electron chi connectivity index (χ3n) is 1.61. The Morgan fingerprint density at radius 1 is 1.39 bits per heavy atom. The van der Waals surface area contributed by atoms with Crippen molar-refractivity contribution in [2.24, 2.45) is 0 Å². The number of nitrogens with zero attached hydrogens (tertiary/aromatic N) is 1. The van der Waals surface area contributed by atoms with Gasteiger partial charge in [0, 0.05) is 12.4 Å². The number of nitrogens with one attached hydrogen (secondary N) is 1. The molecule has 0 spiro atoms. The summed E-state index contributed by atoms with van der Waals surface area (Å²) in [4.78, 5) is 6.42. The van der Waals surface area contributed by atoms with Gasteiger partial charge in [-0.25, -0.2) is 4.98 Å². The van der Waals surface area contributed by atoms with E-state index in [-0.39, 0.29) is 0 Å². The SMILES string of the molecule is CCCC(C)S(=O)(=O)O.FC(F)F.c1c[nH]cn1. The number of H-pyrrole nitrogens is 1. The van der Waals surface area contributed by atoms with Crippen molar-refractivity contribution < 1.29 is 26.1 Å². The molecule has 2 N–H and O–H groups in total. The number of imidazole rings is 1. The summed E-state index contributed by atoms with van der Waals surface area (Å²) >= 11 is 0.